The second kappa shape index (κ2) is 8.20. The number of carbonyl (C=O) groups excluding carboxylic acids is 1. The molecule has 28 heavy (non-hydrogen) atoms. The molecule has 0 unspecified atom stereocenters. The predicted molar refractivity (Wildman–Crippen MR) is 113 cm³/mol. The topological polar surface area (TPSA) is 81.8 Å². The van der Waals surface area contributed by atoms with Gasteiger partial charge in [-0.15, -0.1) is 6.58 Å². The number of aromatic nitrogens is 4. The normalized spacial score (nSPS) is 11.0. The number of amides is 1. The van der Waals surface area contributed by atoms with Crippen molar-refractivity contribution in [2.45, 2.75) is 25.5 Å². The summed E-state index contributed by atoms with van der Waals surface area (Å²) in [5.74, 6) is -0.0870. The molecule has 1 N–H and O–H groups in total. The Balaban J connectivity index is 1.86. The van der Waals surface area contributed by atoms with Gasteiger partial charge < -0.3 is 5.32 Å². The zero-order valence-electron chi connectivity index (χ0n) is 15.8. The lowest BCUT2D eigenvalue weighted by molar-refractivity contribution is -0.113. The number of benzene rings is 1. The lowest BCUT2D eigenvalue weighted by atomic mass is 10.2. The zero-order valence-corrected chi connectivity index (χ0v) is 17.4. The molecule has 3 aromatic rings. The van der Waals surface area contributed by atoms with Crippen LogP contribution in [0, 0.1) is 13.8 Å². The van der Waals surface area contributed by atoms with Gasteiger partial charge in [-0.3, -0.25) is 18.8 Å². The third kappa shape index (κ3) is 3.98. The molecule has 1 aromatic carbocycles. The van der Waals surface area contributed by atoms with E-state index in [0.29, 0.717) is 33.3 Å². The molecule has 2 heterocycles. The van der Waals surface area contributed by atoms with Crippen molar-refractivity contribution < 1.29 is 4.79 Å². The van der Waals surface area contributed by atoms with Crippen LogP contribution in [0.25, 0.3) is 10.9 Å². The van der Waals surface area contributed by atoms with Crippen LogP contribution in [-0.4, -0.2) is 31.0 Å². The molecule has 0 aliphatic heterocycles. The second-order valence-corrected chi connectivity index (χ2v) is 7.65. The molecule has 0 bridgehead atoms. The Labute approximate surface area is 171 Å². The highest BCUT2D eigenvalue weighted by Crippen LogP contribution is 2.22. The fourth-order valence-corrected chi connectivity index (χ4v) is 3.81. The third-order valence-electron chi connectivity index (χ3n) is 4.30. The fourth-order valence-electron chi connectivity index (χ4n) is 2.83. The van der Waals surface area contributed by atoms with E-state index in [-0.39, 0.29) is 17.2 Å². The SMILES string of the molecule is C=CCn1c(SCC(=O)Nc2c(C)nn(C)c2C)nc2ccc(Cl)cc2c1=O. The van der Waals surface area contributed by atoms with Crippen LogP contribution < -0.4 is 10.9 Å². The van der Waals surface area contributed by atoms with Crippen molar-refractivity contribution in [2.75, 3.05) is 11.1 Å². The van der Waals surface area contributed by atoms with Gasteiger partial charge in [0.1, 0.15) is 0 Å². The summed E-state index contributed by atoms with van der Waals surface area (Å²) >= 11 is 7.20. The molecule has 7 nitrogen and oxygen atoms in total. The van der Waals surface area contributed by atoms with Crippen molar-refractivity contribution in [1.82, 2.24) is 19.3 Å². The van der Waals surface area contributed by atoms with E-state index in [1.807, 2.05) is 20.9 Å². The van der Waals surface area contributed by atoms with Gasteiger partial charge in [-0.25, -0.2) is 4.98 Å². The molecule has 0 saturated carbocycles. The van der Waals surface area contributed by atoms with Crippen LogP contribution in [0.15, 0.2) is 40.8 Å². The number of aryl methyl sites for hydroxylation is 2. The van der Waals surface area contributed by atoms with Gasteiger partial charge >= 0.3 is 0 Å². The molecule has 0 saturated heterocycles. The molecule has 0 aliphatic carbocycles. The Morgan fingerprint density at radius 2 is 2.14 bits per heavy atom. The van der Waals surface area contributed by atoms with E-state index in [0.717, 1.165) is 11.4 Å². The van der Waals surface area contributed by atoms with Crippen molar-refractivity contribution in [2.24, 2.45) is 7.05 Å². The summed E-state index contributed by atoms with van der Waals surface area (Å²) in [6.45, 7) is 7.72. The molecule has 0 aliphatic rings. The van der Waals surface area contributed by atoms with Gasteiger partial charge in [-0.2, -0.15) is 5.10 Å². The van der Waals surface area contributed by atoms with Gasteiger partial charge in [-0.05, 0) is 32.0 Å². The number of allylic oxidation sites excluding steroid dienone is 1. The standard InChI is InChI=1S/C19H20ClN5O2S/c1-5-8-25-18(27)14-9-13(20)6-7-15(14)21-19(25)28-10-16(26)22-17-11(2)23-24(4)12(17)3/h5-7,9H,1,8,10H2,2-4H3,(H,22,26). The van der Waals surface area contributed by atoms with Crippen LogP contribution >= 0.6 is 23.4 Å². The average Bonchev–Trinajstić information content (AvgIpc) is 2.89. The van der Waals surface area contributed by atoms with E-state index >= 15 is 0 Å². The number of carbonyl (C=O) groups is 1. The summed E-state index contributed by atoms with van der Waals surface area (Å²) in [5, 5.41) is 8.53. The van der Waals surface area contributed by atoms with E-state index in [1.165, 1.54) is 16.3 Å². The number of hydrogen-bond donors (Lipinski definition) is 1. The minimum atomic E-state index is -0.214. The van der Waals surface area contributed by atoms with Gasteiger partial charge in [0.2, 0.25) is 5.91 Å². The molecule has 0 atom stereocenters. The molecule has 146 valence electrons. The van der Waals surface area contributed by atoms with Crippen LogP contribution in [0.1, 0.15) is 11.4 Å². The monoisotopic (exact) mass is 417 g/mol. The molecular formula is C19H20ClN5O2S. The minimum absolute atomic E-state index is 0.108. The Morgan fingerprint density at radius 3 is 2.79 bits per heavy atom. The number of thioether (sulfide) groups is 1. The second-order valence-electron chi connectivity index (χ2n) is 6.27. The van der Waals surface area contributed by atoms with Crippen LogP contribution in [0.4, 0.5) is 5.69 Å². The summed E-state index contributed by atoms with van der Waals surface area (Å²) in [5.41, 5.74) is 2.66. The van der Waals surface area contributed by atoms with Gasteiger partial charge in [0.15, 0.2) is 5.16 Å². The molecule has 0 spiro atoms. The quantitative estimate of drug-likeness (QED) is 0.378. The summed E-state index contributed by atoms with van der Waals surface area (Å²) in [6, 6.07) is 4.98. The van der Waals surface area contributed by atoms with Gasteiger partial charge in [0.25, 0.3) is 5.56 Å². The Bertz CT molecular complexity index is 1140. The first-order valence-electron chi connectivity index (χ1n) is 8.55. The van der Waals surface area contributed by atoms with Crippen molar-refractivity contribution in [1.29, 1.82) is 0 Å². The molecule has 3 rings (SSSR count). The highest BCUT2D eigenvalue weighted by molar-refractivity contribution is 7.99. The summed E-state index contributed by atoms with van der Waals surface area (Å²) < 4.78 is 3.21. The lowest BCUT2D eigenvalue weighted by Gasteiger charge is -2.12. The smallest absolute Gasteiger partial charge is 0.262 e. The first-order valence-corrected chi connectivity index (χ1v) is 9.92. The number of rotatable bonds is 6. The number of hydrogen-bond acceptors (Lipinski definition) is 5. The van der Waals surface area contributed by atoms with Crippen LogP contribution in [0.3, 0.4) is 0 Å². The van der Waals surface area contributed by atoms with Crippen molar-refractivity contribution in [3.05, 3.63) is 57.6 Å². The van der Waals surface area contributed by atoms with E-state index in [2.05, 4.69) is 22.0 Å². The Hall–Kier alpha value is -2.58. The molecular weight excluding hydrogens is 398 g/mol. The fraction of sp³-hybridized carbons (Fsp3) is 0.263. The lowest BCUT2D eigenvalue weighted by Crippen LogP contribution is -2.24. The maximum atomic E-state index is 12.8. The number of anilines is 1. The number of nitrogens with one attached hydrogen (secondary N) is 1. The van der Waals surface area contributed by atoms with Crippen molar-refractivity contribution in [3.63, 3.8) is 0 Å². The molecule has 0 fully saturated rings. The highest BCUT2D eigenvalue weighted by atomic mass is 35.5. The summed E-state index contributed by atoms with van der Waals surface area (Å²) in [7, 11) is 1.83. The molecule has 2 aromatic heterocycles. The van der Waals surface area contributed by atoms with E-state index < -0.39 is 0 Å². The minimum Gasteiger partial charge on any atom is -0.322 e. The van der Waals surface area contributed by atoms with Crippen LogP contribution in [0.2, 0.25) is 5.02 Å². The largest absolute Gasteiger partial charge is 0.322 e. The predicted octanol–water partition coefficient (Wildman–Crippen LogP) is 3.32. The first-order chi connectivity index (χ1) is 13.3. The van der Waals surface area contributed by atoms with Crippen molar-refractivity contribution in [3.8, 4) is 0 Å². The Morgan fingerprint density at radius 1 is 1.39 bits per heavy atom. The molecule has 0 radical (unpaired) electrons. The van der Waals surface area contributed by atoms with Gasteiger partial charge in [0, 0.05) is 18.6 Å². The zero-order chi connectivity index (χ0) is 20.4. The number of fused-ring (bicyclic) bond motifs is 1. The third-order valence-corrected chi connectivity index (χ3v) is 5.51. The summed E-state index contributed by atoms with van der Waals surface area (Å²) in [6.07, 6.45) is 1.62. The molecule has 9 heteroatoms. The first kappa shape index (κ1) is 20.2. The van der Waals surface area contributed by atoms with Gasteiger partial charge in [-0.1, -0.05) is 29.4 Å². The highest BCUT2D eigenvalue weighted by Gasteiger charge is 2.15. The number of halogens is 1. The summed E-state index contributed by atoms with van der Waals surface area (Å²) in [4.78, 5) is 29.8. The van der Waals surface area contributed by atoms with Crippen LogP contribution in [0.5, 0.6) is 0 Å². The maximum absolute atomic E-state index is 12.8. The average molecular weight is 418 g/mol. The van der Waals surface area contributed by atoms with Gasteiger partial charge in [0.05, 0.1) is 33.7 Å². The van der Waals surface area contributed by atoms with Crippen LogP contribution in [-0.2, 0) is 18.4 Å². The number of nitrogens with zero attached hydrogens (tertiary/aromatic N) is 4. The van der Waals surface area contributed by atoms with Crippen molar-refractivity contribution >= 4 is 45.9 Å². The maximum Gasteiger partial charge on any atom is 0.262 e. The van der Waals surface area contributed by atoms with E-state index in [9.17, 15) is 9.59 Å². The molecule has 1 amide bonds. The Kier molecular flexibility index (Phi) is 5.90. The van der Waals surface area contributed by atoms with E-state index in [1.54, 1.807) is 29.0 Å². The van der Waals surface area contributed by atoms with E-state index in [4.69, 9.17) is 11.6 Å².